The van der Waals surface area contributed by atoms with Crippen LogP contribution >= 0.6 is 0 Å². The van der Waals surface area contributed by atoms with Gasteiger partial charge in [-0.05, 0) is 46.9 Å². The molecule has 0 bridgehead atoms. The lowest BCUT2D eigenvalue weighted by atomic mass is 9.95. The van der Waals surface area contributed by atoms with Gasteiger partial charge in [0, 0.05) is 18.5 Å². The SMILES string of the molecule is Cc1cc(N)nc2cc(-c3cccc4c3CNC4)ccc12. The maximum atomic E-state index is 5.88. The quantitative estimate of drug-likeness (QED) is 0.715. The molecule has 1 aliphatic rings. The highest BCUT2D eigenvalue weighted by Crippen LogP contribution is 2.31. The van der Waals surface area contributed by atoms with Crippen LogP contribution in [0.3, 0.4) is 0 Å². The highest BCUT2D eigenvalue weighted by atomic mass is 14.9. The van der Waals surface area contributed by atoms with Gasteiger partial charge in [0.1, 0.15) is 5.82 Å². The molecule has 3 N–H and O–H groups in total. The lowest BCUT2D eigenvalue weighted by Gasteiger charge is -2.10. The zero-order valence-electron chi connectivity index (χ0n) is 12.0. The van der Waals surface area contributed by atoms with E-state index in [1.54, 1.807) is 0 Å². The van der Waals surface area contributed by atoms with Crippen molar-refractivity contribution in [2.45, 2.75) is 20.0 Å². The molecule has 0 radical (unpaired) electrons. The summed E-state index contributed by atoms with van der Waals surface area (Å²) >= 11 is 0. The number of nitrogens with zero attached hydrogens (tertiary/aromatic N) is 1. The van der Waals surface area contributed by atoms with E-state index in [2.05, 4.69) is 53.6 Å². The van der Waals surface area contributed by atoms with E-state index in [0.717, 1.165) is 18.6 Å². The van der Waals surface area contributed by atoms with Crippen LogP contribution in [0.1, 0.15) is 16.7 Å². The minimum absolute atomic E-state index is 0.581. The van der Waals surface area contributed by atoms with Crippen molar-refractivity contribution in [3.8, 4) is 11.1 Å². The molecule has 3 aromatic rings. The van der Waals surface area contributed by atoms with E-state index in [0.29, 0.717) is 5.82 Å². The number of anilines is 1. The molecule has 0 fully saturated rings. The smallest absolute Gasteiger partial charge is 0.124 e. The first-order valence-corrected chi connectivity index (χ1v) is 7.21. The summed E-state index contributed by atoms with van der Waals surface area (Å²) in [5.41, 5.74) is 13.3. The van der Waals surface area contributed by atoms with E-state index >= 15 is 0 Å². The van der Waals surface area contributed by atoms with Crippen molar-refractivity contribution in [1.29, 1.82) is 0 Å². The number of nitrogens with one attached hydrogen (secondary N) is 1. The topological polar surface area (TPSA) is 50.9 Å². The number of aryl methyl sites for hydroxylation is 1. The fourth-order valence-corrected chi connectivity index (χ4v) is 3.20. The average molecular weight is 275 g/mol. The van der Waals surface area contributed by atoms with E-state index in [-0.39, 0.29) is 0 Å². The van der Waals surface area contributed by atoms with Crippen LogP contribution in [0.25, 0.3) is 22.0 Å². The molecule has 0 spiro atoms. The molecule has 1 aromatic heterocycles. The first-order chi connectivity index (χ1) is 10.2. The zero-order chi connectivity index (χ0) is 14.4. The summed E-state index contributed by atoms with van der Waals surface area (Å²) in [5.74, 6) is 0.581. The van der Waals surface area contributed by atoms with Gasteiger partial charge < -0.3 is 11.1 Å². The second-order valence-corrected chi connectivity index (χ2v) is 5.64. The molecule has 2 aromatic carbocycles. The second kappa shape index (κ2) is 4.57. The average Bonchev–Trinajstić information content (AvgIpc) is 2.94. The van der Waals surface area contributed by atoms with Gasteiger partial charge in [0.05, 0.1) is 5.52 Å². The van der Waals surface area contributed by atoms with Gasteiger partial charge in [-0.1, -0.05) is 30.3 Å². The van der Waals surface area contributed by atoms with Crippen LogP contribution in [0.15, 0.2) is 42.5 Å². The van der Waals surface area contributed by atoms with Crippen molar-refractivity contribution in [3.63, 3.8) is 0 Å². The number of pyridine rings is 1. The second-order valence-electron chi connectivity index (χ2n) is 5.64. The maximum absolute atomic E-state index is 5.88. The molecular weight excluding hydrogens is 258 g/mol. The number of aromatic nitrogens is 1. The van der Waals surface area contributed by atoms with Crippen LogP contribution in [-0.2, 0) is 13.1 Å². The van der Waals surface area contributed by atoms with Crippen molar-refractivity contribution in [2.24, 2.45) is 0 Å². The Labute approximate surface area is 123 Å². The van der Waals surface area contributed by atoms with Crippen molar-refractivity contribution < 1.29 is 0 Å². The molecule has 3 nitrogen and oxygen atoms in total. The minimum atomic E-state index is 0.581. The molecular formula is C18H17N3. The number of hydrogen-bond acceptors (Lipinski definition) is 3. The third-order valence-corrected chi connectivity index (χ3v) is 4.24. The van der Waals surface area contributed by atoms with Crippen LogP contribution in [-0.4, -0.2) is 4.98 Å². The number of benzene rings is 2. The molecule has 21 heavy (non-hydrogen) atoms. The van der Waals surface area contributed by atoms with E-state index in [9.17, 15) is 0 Å². The molecule has 0 atom stereocenters. The van der Waals surface area contributed by atoms with Crippen LogP contribution in [0.5, 0.6) is 0 Å². The molecule has 1 aliphatic heterocycles. The van der Waals surface area contributed by atoms with Crippen molar-refractivity contribution in [3.05, 3.63) is 59.2 Å². The summed E-state index contributed by atoms with van der Waals surface area (Å²) in [4.78, 5) is 4.48. The predicted molar refractivity (Wildman–Crippen MR) is 86.9 cm³/mol. The van der Waals surface area contributed by atoms with E-state index < -0.39 is 0 Å². The third-order valence-electron chi connectivity index (χ3n) is 4.24. The highest BCUT2D eigenvalue weighted by Gasteiger charge is 2.15. The van der Waals surface area contributed by atoms with Crippen molar-refractivity contribution >= 4 is 16.7 Å². The van der Waals surface area contributed by atoms with Crippen molar-refractivity contribution in [2.75, 3.05) is 5.73 Å². The van der Waals surface area contributed by atoms with Crippen LogP contribution in [0.4, 0.5) is 5.82 Å². The Balaban J connectivity index is 1.94. The van der Waals surface area contributed by atoms with Crippen LogP contribution in [0.2, 0.25) is 0 Å². The Morgan fingerprint density at radius 3 is 2.90 bits per heavy atom. The summed E-state index contributed by atoms with van der Waals surface area (Å²) in [5, 5.41) is 4.58. The molecule has 0 saturated heterocycles. The number of nitrogen functional groups attached to an aromatic ring is 1. The Hall–Kier alpha value is -2.39. The van der Waals surface area contributed by atoms with Gasteiger partial charge in [0.15, 0.2) is 0 Å². The Kier molecular flexibility index (Phi) is 2.69. The summed E-state index contributed by atoms with van der Waals surface area (Å²) < 4.78 is 0. The number of fused-ring (bicyclic) bond motifs is 2. The lowest BCUT2D eigenvalue weighted by Crippen LogP contribution is -2.00. The Morgan fingerprint density at radius 2 is 2.00 bits per heavy atom. The molecule has 4 rings (SSSR count). The molecule has 0 aliphatic carbocycles. The normalized spacial score (nSPS) is 13.6. The third kappa shape index (κ3) is 1.98. The van der Waals surface area contributed by atoms with Crippen molar-refractivity contribution in [1.82, 2.24) is 10.3 Å². The molecule has 2 heterocycles. The Bertz CT molecular complexity index is 852. The van der Waals surface area contributed by atoms with E-state index in [1.165, 1.54) is 33.2 Å². The molecule has 3 heteroatoms. The van der Waals surface area contributed by atoms with Crippen LogP contribution in [0, 0.1) is 6.92 Å². The first-order valence-electron chi connectivity index (χ1n) is 7.21. The van der Waals surface area contributed by atoms with E-state index in [1.807, 2.05) is 6.07 Å². The summed E-state index contributed by atoms with van der Waals surface area (Å²) in [6, 6.07) is 14.9. The largest absolute Gasteiger partial charge is 0.384 e. The minimum Gasteiger partial charge on any atom is -0.384 e. The Morgan fingerprint density at radius 1 is 1.10 bits per heavy atom. The van der Waals surface area contributed by atoms with Gasteiger partial charge in [0.2, 0.25) is 0 Å². The molecule has 0 amide bonds. The van der Waals surface area contributed by atoms with Gasteiger partial charge in [-0.15, -0.1) is 0 Å². The first kappa shape index (κ1) is 12.4. The van der Waals surface area contributed by atoms with Gasteiger partial charge in [-0.2, -0.15) is 0 Å². The predicted octanol–water partition coefficient (Wildman–Crippen LogP) is 3.40. The fraction of sp³-hybridized carbons (Fsp3) is 0.167. The summed E-state index contributed by atoms with van der Waals surface area (Å²) in [6.45, 7) is 3.97. The standard InChI is InChI=1S/C18H17N3/c1-11-7-18(19)21-17-8-12(5-6-14(11)17)15-4-2-3-13-9-20-10-16(13)15/h2-8,20H,9-10H2,1H3,(H2,19,21). The maximum Gasteiger partial charge on any atom is 0.124 e. The summed E-state index contributed by atoms with van der Waals surface area (Å²) in [6.07, 6.45) is 0. The fourth-order valence-electron chi connectivity index (χ4n) is 3.20. The highest BCUT2D eigenvalue weighted by molar-refractivity contribution is 5.88. The number of nitrogens with two attached hydrogens (primary N) is 1. The summed E-state index contributed by atoms with van der Waals surface area (Å²) in [7, 11) is 0. The monoisotopic (exact) mass is 275 g/mol. The van der Waals surface area contributed by atoms with Gasteiger partial charge in [0.25, 0.3) is 0 Å². The molecule has 104 valence electrons. The van der Waals surface area contributed by atoms with Crippen LogP contribution < -0.4 is 11.1 Å². The number of hydrogen-bond donors (Lipinski definition) is 2. The molecule has 0 unspecified atom stereocenters. The van der Waals surface area contributed by atoms with Gasteiger partial charge in [-0.25, -0.2) is 4.98 Å². The van der Waals surface area contributed by atoms with E-state index in [4.69, 9.17) is 5.73 Å². The van der Waals surface area contributed by atoms with Gasteiger partial charge in [-0.3, -0.25) is 0 Å². The number of rotatable bonds is 1. The lowest BCUT2D eigenvalue weighted by molar-refractivity contribution is 0.765. The molecule has 0 saturated carbocycles. The zero-order valence-corrected chi connectivity index (χ0v) is 12.0. The van der Waals surface area contributed by atoms with Gasteiger partial charge >= 0.3 is 0 Å².